The molecule has 1 aliphatic heterocycles. The maximum atomic E-state index is 13.2. The molecule has 7 heteroatoms. The summed E-state index contributed by atoms with van der Waals surface area (Å²) in [5, 5.41) is 2.82. The number of nitrogens with zero attached hydrogens (tertiary/aromatic N) is 1. The lowest BCUT2D eigenvalue weighted by atomic mass is 10.1. The summed E-state index contributed by atoms with van der Waals surface area (Å²) in [4.78, 5) is 13.7. The monoisotopic (exact) mass is 316 g/mol. The topological polar surface area (TPSA) is 50.8 Å². The molecule has 0 bridgehead atoms. The molecule has 1 saturated heterocycles. The number of halogens is 2. The van der Waals surface area contributed by atoms with Gasteiger partial charge in [-0.25, -0.2) is 9.18 Å². The molecule has 1 atom stereocenters. The second-order valence-electron chi connectivity index (χ2n) is 4.70. The third kappa shape index (κ3) is 4.30. The van der Waals surface area contributed by atoms with Crippen LogP contribution in [0.25, 0.3) is 0 Å². The highest BCUT2D eigenvalue weighted by Gasteiger charge is 2.25. The molecule has 0 spiro atoms. The largest absolute Gasteiger partial charge is 0.383 e. The van der Waals surface area contributed by atoms with Gasteiger partial charge < -0.3 is 19.7 Å². The summed E-state index contributed by atoms with van der Waals surface area (Å²) in [7, 11) is 1.58. The first-order valence-electron chi connectivity index (χ1n) is 6.70. The van der Waals surface area contributed by atoms with Crippen LogP contribution < -0.4 is 5.32 Å². The Morgan fingerprint density at radius 1 is 1.62 bits per heavy atom. The van der Waals surface area contributed by atoms with Crippen LogP contribution in [0.1, 0.15) is 11.7 Å². The Morgan fingerprint density at radius 2 is 2.43 bits per heavy atom. The molecule has 5 nitrogen and oxygen atoms in total. The maximum absolute atomic E-state index is 13.2. The van der Waals surface area contributed by atoms with E-state index >= 15 is 0 Å². The maximum Gasteiger partial charge on any atom is 0.317 e. The van der Waals surface area contributed by atoms with Gasteiger partial charge in [0, 0.05) is 20.2 Å². The summed E-state index contributed by atoms with van der Waals surface area (Å²) >= 11 is 5.78. The number of carbonyl (C=O) groups is 1. The van der Waals surface area contributed by atoms with Crippen LogP contribution in [0.4, 0.5) is 9.18 Å². The molecule has 2 amide bonds. The van der Waals surface area contributed by atoms with Crippen LogP contribution in [0.2, 0.25) is 5.02 Å². The molecule has 1 aromatic carbocycles. The lowest BCUT2D eigenvalue weighted by Crippen LogP contribution is -2.47. The average molecular weight is 317 g/mol. The highest BCUT2D eigenvalue weighted by Crippen LogP contribution is 2.26. The van der Waals surface area contributed by atoms with Crippen molar-refractivity contribution in [2.75, 3.05) is 40.0 Å². The van der Waals surface area contributed by atoms with Gasteiger partial charge in [0.15, 0.2) is 0 Å². The predicted octanol–water partition coefficient (Wildman–Crippen LogP) is 2.21. The SMILES string of the molecule is COCCNC(=O)N1CCO[C@@H](c2ccc(F)c(Cl)c2)C1. The van der Waals surface area contributed by atoms with E-state index in [-0.39, 0.29) is 17.2 Å². The Bertz CT molecular complexity index is 501. The first-order chi connectivity index (χ1) is 10.1. The normalized spacial score (nSPS) is 18.6. The molecule has 1 heterocycles. The van der Waals surface area contributed by atoms with E-state index in [1.807, 2.05) is 0 Å². The minimum atomic E-state index is -0.467. The minimum Gasteiger partial charge on any atom is -0.383 e. The van der Waals surface area contributed by atoms with Gasteiger partial charge in [0.2, 0.25) is 0 Å². The number of benzene rings is 1. The smallest absolute Gasteiger partial charge is 0.317 e. The quantitative estimate of drug-likeness (QED) is 0.867. The molecular weight excluding hydrogens is 299 g/mol. The first kappa shape index (κ1) is 16.0. The highest BCUT2D eigenvalue weighted by atomic mass is 35.5. The van der Waals surface area contributed by atoms with Crippen molar-refractivity contribution in [3.63, 3.8) is 0 Å². The fourth-order valence-corrected chi connectivity index (χ4v) is 2.31. The fraction of sp³-hybridized carbons (Fsp3) is 0.500. The number of rotatable bonds is 4. The van der Waals surface area contributed by atoms with Crippen molar-refractivity contribution < 1.29 is 18.7 Å². The summed E-state index contributed by atoms with van der Waals surface area (Å²) in [6, 6.07) is 4.30. The van der Waals surface area contributed by atoms with Crippen LogP contribution in [0, 0.1) is 5.82 Å². The summed E-state index contributed by atoms with van der Waals surface area (Å²) in [6.07, 6.45) is -0.301. The van der Waals surface area contributed by atoms with Crippen LogP contribution in [-0.2, 0) is 9.47 Å². The van der Waals surface area contributed by atoms with Crippen LogP contribution in [-0.4, -0.2) is 50.9 Å². The van der Waals surface area contributed by atoms with Crippen molar-refractivity contribution in [3.8, 4) is 0 Å². The number of nitrogens with one attached hydrogen (secondary N) is 1. The zero-order valence-corrected chi connectivity index (χ0v) is 12.5. The molecule has 0 radical (unpaired) electrons. The third-order valence-corrected chi connectivity index (χ3v) is 3.54. The van der Waals surface area contributed by atoms with Crippen LogP contribution in [0.15, 0.2) is 18.2 Å². The molecule has 0 unspecified atom stereocenters. The third-order valence-electron chi connectivity index (χ3n) is 3.25. The van der Waals surface area contributed by atoms with Gasteiger partial charge in [-0.15, -0.1) is 0 Å². The van der Waals surface area contributed by atoms with Gasteiger partial charge in [-0.3, -0.25) is 0 Å². The van der Waals surface area contributed by atoms with E-state index in [2.05, 4.69) is 5.32 Å². The number of morpholine rings is 1. The minimum absolute atomic E-state index is 0.0535. The molecule has 2 rings (SSSR count). The van der Waals surface area contributed by atoms with Crippen molar-refractivity contribution in [1.82, 2.24) is 10.2 Å². The van der Waals surface area contributed by atoms with Crippen molar-refractivity contribution in [1.29, 1.82) is 0 Å². The van der Waals surface area contributed by atoms with Crippen molar-refractivity contribution in [2.24, 2.45) is 0 Å². The fourth-order valence-electron chi connectivity index (χ4n) is 2.12. The van der Waals surface area contributed by atoms with Gasteiger partial charge in [-0.05, 0) is 17.7 Å². The summed E-state index contributed by atoms with van der Waals surface area (Å²) < 4.78 is 23.7. The number of methoxy groups -OCH3 is 1. The first-order valence-corrected chi connectivity index (χ1v) is 7.08. The Labute approximate surface area is 128 Å². The number of carbonyl (C=O) groups excluding carboxylic acids is 1. The summed E-state index contributed by atoms with van der Waals surface area (Å²) in [6.45, 7) is 2.27. The summed E-state index contributed by atoms with van der Waals surface area (Å²) in [5.41, 5.74) is 0.760. The van der Waals surface area contributed by atoms with E-state index in [4.69, 9.17) is 21.1 Å². The number of amides is 2. The molecule has 0 aliphatic carbocycles. The standard InChI is InChI=1S/C14H18ClFN2O3/c1-20-6-4-17-14(19)18-5-7-21-13(9-18)10-2-3-12(16)11(15)8-10/h2-3,8,13H,4-7,9H2,1H3,(H,17,19)/t13-/m1/s1. The van der Waals surface area contributed by atoms with Gasteiger partial charge in [0.05, 0.1) is 24.8 Å². The Kier molecular flexibility index (Phi) is 5.78. The zero-order valence-electron chi connectivity index (χ0n) is 11.8. The Hall–Kier alpha value is -1.37. The molecule has 1 aromatic rings. The van der Waals surface area contributed by atoms with E-state index in [0.29, 0.717) is 32.8 Å². The molecule has 1 fully saturated rings. The van der Waals surface area contributed by atoms with E-state index in [1.165, 1.54) is 12.1 Å². The molecule has 0 saturated carbocycles. The van der Waals surface area contributed by atoms with Gasteiger partial charge in [0.1, 0.15) is 11.9 Å². The molecule has 116 valence electrons. The van der Waals surface area contributed by atoms with Crippen LogP contribution in [0.5, 0.6) is 0 Å². The van der Waals surface area contributed by atoms with E-state index in [0.717, 1.165) is 5.56 Å². The van der Waals surface area contributed by atoms with Gasteiger partial charge >= 0.3 is 6.03 Å². The van der Waals surface area contributed by atoms with E-state index < -0.39 is 5.82 Å². The second kappa shape index (κ2) is 7.59. The van der Waals surface area contributed by atoms with Crippen molar-refractivity contribution in [3.05, 3.63) is 34.6 Å². The van der Waals surface area contributed by atoms with Gasteiger partial charge in [-0.1, -0.05) is 17.7 Å². The number of urea groups is 1. The Morgan fingerprint density at radius 3 is 3.14 bits per heavy atom. The highest BCUT2D eigenvalue weighted by molar-refractivity contribution is 6.30. The molecular formula is C14H18ClFN2O3. The number of hydrogen-bond acceptors (Lipinski definition) is 3. The zero-order chi connectivity index (χ0) is 15.2. The number of hydrogen-bond donors (Lipinski definition) is 1. The second-order valence-corrected chi connectivity index (χ2v) is 5.11. The van der Waals surface area contributed by atoms with E-state index in [9.17, 15) is 9.18 Å². The lowest BCUT2D eigenvalue weighted by Gasteiger charge is -2.33. The molecule has 1 N–H and O–H groups in total. The van der Waals surface area contributed by atoms with Crippen molar-refractivity contribution in [2.45, 2.75) is 6.10 Å². The molecule has 0 aromatic heterocycles. The molecule has 1 aliphatic rings. The average Bonchev–Trinajstić information content (AvgIpc) is 2.50. The molecule has 21 heavy (non-hydrogen) atoms. The predicted molar refractivity (Wildman–Crippen MR) is 77.0 cm³/mol. The van der Waals surface area contributed by atoms with E-state index in [1.54, 1.807) is 18.1 Å². The van der Waals surface area contributed by atoms with Crippen LogP contribution in [0.3, 0.4) is 0 Å². The van der Waals surface area contributed by atoms with Gasteiger partial charge in [-0.2, -0.15) is 0 Å². The number of ether oxygens (including phenoxy) is 2. The van der Waals surface area contributed by atoms with Crippen LogP contribution >= 0.6 is 11.6 Å². The summed E-state index contributed by atoms with van der Waals surface area (Å²) in [5.74, 6) is -0.467. The Balaban J connectivity index is 1.96. The van der Waals surface area contributed by atoms with Gasteiger partial charge in [0.25, 0.3) is 0 Å². The lowest BCUT2D eigenvalue weighted by molar-refractivity contribution is -0.0155. The van der Waals surface area contributed by atoms with Crippen molar-refractivity contribution >= 4 is 17.6 Å².